The van der Waals surface area contributed by atoms with E-state index in [1.165, 1.54) is 6.07 Å². The Kier molecular flexibility index (Phi) is 2.16. The Morgan fingerprint density at radius 1 is 1.60 bits per heavy atom. The number of rotatable bonds is 0. The van der Waals surface area contributed by atoms with Gasteiger partial charge in [0.25, 0.3) is 0 Å². The van der Waals surface area contributed by atoms with Crippen molar-refractivity contribution in [3.05, 3.63) is 34.6 Å². The van der Waals surface area contributed by atoms with Gasteiger partial charge in [-0.3, -0.25) is 0 Å². The summed E-state index contributed by atoms with van der Waals surface area (Å²) in [5, 5.41) is 8.63. The number of halogens is 1. The highest BCUT2D eigenvalue weighted by Gasteiger charge is 2.28. The van der Waals surface area contributed by atoms with E-state index in [0.717, 1.165) is 0 Å². The normalized spacial score (nSPS) is 19.0. The van der Waals surface area contributed by atoms with Gasteiger partial charge in [-0.25, -0.2) is 9.18 Å². The molecular formula is C11H8FNO2. The molecule has 0 saturated heterocycles. The van der Waals surface area contributed by atoms with Gasteiger partial charge in [0.2, 0.25) is 0 Å². The van der Waals surface area contributed by atoms with Gasteiger partial charge in [-0.2, -0.15) is 5.26 Å². The number of nitrogens with zero attached hydrogens (tertiary/aromatic N) is 1. The number of carbonyl (C=O) groups excluding carboxylic acids is 1. The summed E-state index contributed by atoms with van der Waals surface area (Å²) in [4.78, 5) is 11.4. The lowest BCUT2D eigenvalue weighted by Gasteiger charge is -2.20. The maximum Gasteiger partial charge on any atom is 0.339 e. The summed E-state index contributed by atoms with van der Waals surface area (Å²) in [6, 6.07) is 4.74. The minimum atomic E-state index is -0.873. The molecule has 1 aromatic rings. The van der Waals surface area contributed by atoms with Crippen LogP contribution in [0.15, 0.2) is 12.1 Å². The molecule has 0 aromatic heterocycles. The molecule has 0 N–H and O–H groups in total. The molecule has 0 aliphatic carbocycles. The van der Waals surface area contributed by atoms with E-state index < -0.39 is 17.9 Å². The van der Waals surface area contributed by atoms with E-state index in [1.54, 1.807) is 13.0 Å². The SMILES string of the molecule is Cc1cc(F)c2c(c1)C(=O)OC(C#N)C2. The van der Waals surface area contributed by atoms with Crippen molar-refractivity contribution in [2.75, 3.05) is 0 Å². The van der Waals surface area contributed by atoms with Gasteiger partial charge in [-0.05, 0) is 24.6 Å². The van der Waals surface area contributed by atoms with Crippen LogP contribution in [0.25, 0.3) is 0 Å². The van der Waals surface area contributed by atoms with E-state index in [4.69, 9.17) is 10.00 Å². The number of hydrogen-bond acceptors (Lipinski definition) is 3. The lowest BCUT2D eigenvalue weighted by molar-refractivity contribution is 0.0367. The van der Waals surface area contributed by atoms with Gasteiger partial charge in [0, 0.05) is 12.0 Å². The Morgan fingerprint density at radius 2 is 2.33 bits per heavy atom. The first-order valence-electron chi connectivity index (χ1n) is 4.51. The van der Waals surface area contributed by atoms with Crippen molar-refractivity contribution in [3.63, 3.8) is 0 Å². The topological polar surface area (TPSA) is 50.1 Å². The van der Waals surface area contributed by atoms with E-state index in [0.29, 0.717) is 5.56 Å². The van der Waals surface area contributed by atoms with Crippen LogP contribution >= 0.6 is 0 Å². The molecule has 0 spiro atoms. The molecule has 1 aliphatic rings. The van der Waals surface area contributed by atoms with Crippen molar-refractivity contribution in [1.82, 2.24) is 0 Å². The fourth-order valence-corrected chi connectivity index (χ4v) is 1.65. The second-order valence-corrected chi connectivity index (χ2v) is 3.50. The molecule has 1 heterocycles. The third kappa shape index (κ3) is 1.57. The Labute approximate surface area is 86.1 Å². The van der Waals surface area contributed by atoms with Crippen LogP contribution < -0.4 is 0 Å². The second kappa shape index (κ2) is 3.35. The Hall–Kier alpha value is -1.89. The summed E-state index contributed by atoms with van der Waals surface area (Å²) in [6.07, 6.45) is -0.744. The summed E-state index contributed by atoms with van der Waals surface area (Å²) in [7, 11) is 0. The van der Waals surface area contributed by atoms with Crippen molar-refractivity contribution in [3.8, 4) is 6.07 Å². The van der Waals surface area contributed by atoms with Gasteiger partial charge in [0.15, 0.2) is 6.10 Å². The summed E-state index contributed by atoms with van der Waals surface area (Å²) in [5.74, 6) is -1.06. The van der Waals surface area contributed by atoms with Crippen molar-refractivity contribution >= 4 is 5.97 Å². The number of cyclic esters (lactones) is 1. The first-order valence-corrected chi connectivity index (χ1v) is 4.51. The number of esters is 1. The molecule has 0 radical (unpaired) electrons. The molecule has 3 nitrogen and oxygen atoms in total. The highest BCUT2D eigenvalue weighted by atomic mass is 19.1. The van der Waals surface area contributed by atoms with E-state index in [-0.39, 0.29) is 17.5 Å². The van der Waals surface area contributed by atoms with Gasteiger partial charge < -0.3 is 4.74 Å². The van der Waals surface area contributed by atoms with Crippen LogP contribution in [-0.4, -0.2) is 12.1 Å². The minimum Gasteiger partial charge on any atom is -0.443 e. The quantitative estimate of drug-likeness (QED) is 0.606. The maximum atomic E-state index is 13.5. The zero-order valence-electron chi connectivity index (χ0n) is 8.08. The summed E-state index contributed by atoms with van der Waals surface area (Å²) in [6.45, 7) is 1.70. The van der Waals surface area contributed by atoms with Crippen molar-refractivity contribution < 1.29 is 13.9 Å². The highest BCUT2D eigenvalue weighted by Crippen LogP contribution is 2.24. The number of carbonyl (C=O) groups is 1. The molecular weight excluding hydrogens is 197 g/mol. The maximum absolute atomic E-state index is 13.5. The molecule has 1 aliphatic heterocycles. The number of fused-ring (bicyclic) bond motifs is 1. The molecule has 0 fully saturated rings. The zero-order chi connectivity index (χ0) is 11.0. The third-order valence-corrected chi connectivity index (χ3v) is 2.34. The zero-order valence-corrected chi connectivity index (χ0v) is 8.08. The van der Waals surface area contributed by atoms with Crippen LogP contribution in [0.1, 0.15) is 21.5 Å². The van der Waals surface area contributed by atoms with Crippen LogP contribution in [0.5, 0.6) is 0 Å². The molecule has 1 atom stereocenters. The smallest absolute Gasteiger partial charge is 0.339 e. The van der Waals surface area contributed by atoms with E-state index >= 15 is 0 Å². The number of benzene rings is 1. The molecule has 0 saturated carbocycles. The summed E-state index contributed by atoms with van der Waals surface area (Å²) < 4.78 is 18.3. The van der Waals surface area contributed by atoms with Gasteiger partial charge in [0.05, 0.1) is 5.56 Å². The summed E-state index contributed by atoms with van der Waals surface area (Å²) >= 11 is 0. The third-order valence-electron chi connectivity index (χ3n) is 2.34. The largest absolute Gasteiger partial charge is 0.443 e. The molecule has 4 heteroatoms. The fourth-order valence-electron chi connectivity index (χ4n) is 1.65. The predicted octanol–water partition coefficient (Wildman–Crippen LogP) is 1.74. The monoisotopic (exact) mass is 205 g/mol. The lowest BCUT2D eigenvalue weighted by Crippen LogP contribution is -2.27. The Morgan fingerprint density at radius 3 is 3.00 bits per heavy atom. The van der Waals surface area contributed by atoms with Gasteiger partial charge in [0.1, 0.15) is 11.9 Å². The first kappa shape index (κ1) is 9.66. The fraction of sp³-hybridized carbons (Fsp3) is 0.273. The van der Waals surface area contributed by atoms with Crippen LogP contribution in [0.4, 0.5) is 4.39 Å². The molecule has 2 rings (SSSR count). The highest BCUT2D eigenvalue weighted by molar-refractivity contribution is 5.92. The van der Waals surface area contributed by atoms with Crippen molar-refractivity contribution in [1.29, 1.82) is 5.26 Å². The van der Waals surface area contributed by atoms with Crippen LogP contribution in [0.2, 0.25) is 0 Å². The molecule has 15 heavy (non-hydrogen) atoms. The predicted molar refractivity (Wildman–Crippen MR) is 49.7 cm³/mol. The van der Waals surface area contributed by atoms with Gasteiger partial charge in [-0.15, -0.1) is 0 Å². The number of aryl methyl sites for hydroxylation is 1. The molecule has 1 unspecified atom stereocenters. The first-order chi connectivity index (χ1) is 7.11. The van der Waals surface area contributed by atoms with Crippen molar-refractivity contribution in [2.45, 2.75) is 19.4 Å². The number of ether oxygens (including phenoxy) is 1. The Bertz CT molecular complexity index is 476. The molecule has 76 valence electrons. The average Bonchev–Trinajstić information content (AvgIpc) is 2.19. The Balaban J connectivity index is 2.56. The van der Waals surface area contributed by atoms with E-state index in [1.807, 2.05) is 6.07 Å². The van der Waals surface area contributed by atoms with Crippen LogP contribution in [0.3, 0.4) is 0 Å². The van der Waals surface area contributed by atoms with Crippen molar-refractivity contribution in [2.24, 2.45) is 0 Å². The van der Waals surface area contributed by atoms with E-state index in [2.05, 4.69) is 0 Å². The van der Waals surface area contributed by atoms with Gasteiger partial charge in [-0.1, -0.05) is 0 Å². The molecule has 0 amide bonds. The van der Waals surface area contributed by atoms with Crippen LogP contribution in [-0.2, 0) is 11.2 Å². The lowest BCUT2D eigenvalue weighted by atomic mass is 9.96. The second-order valence-electron chi connectivity index (χ2n) is 3.50. The standard InChI is InChI=1S/C11H8FNO2/c1-6-2-9-8(10(12)3-6)4-7(5-13)15-11(9)14/h2-3,7H,4H2,1H3. The van der Waals surface area contributed by atoms with E-state index in [9.17, 15) is 9.18 Å². The average molecular weight is 205 g/mol. The molecule has 1 aromatic carbocycles. The summed E-state index contributed by atoms with van der Waals surface area (Å²) in [5.41, 5.74) is 1.18. The number of nitriles is 1. The molecule has 0 bridgehead atoms. The minimum absolute atomic E-state index is 0.129. The van der Waals surface area contributed by atoms with Crippen LogP contribution in [0, 0.1) is 24.1 Å². The number of hydrogen-bond donors (Lipinski definition) is 0. The van der Waals surface area contributed by atoms with Gasteiger partial charge >= 0.3 is 5.97 Å².